The van der Waals surface area contributed by atoms with E-state index in [1.54, 1.807) is 18.0 Å². The van der Waals surface area contributed by atoms with Gasteiger partial charge in [-0.1, -0.05) is 12.1 Å². The number of likely N-dealkylation sites (tertiary alicyclic amines) is 1. The highest BCUT2D eigenvalue weighted by Gasteiger charge is 2.47. The molecule has 1 heterocycles. The zero-order valence-corrected chi connectivity index (χ0v) is 11.2. The number of aliphatic carboxylic acids is 1. The predicted octanol–water partition coefficient (Wildman–Crippen LogP) is 1.44. The smallest absolute Gasteiger partial charge is 0.323 e. The topological polar surface area (TPSA) is 66.8 Å². The number of esters is 1. The van der Waals surface area contributed by atoms with Gasteiger partial charge in [-0.15, -0.1) is 0 Å². The summed E-state index contributed by atoms with van der Waals surface area (Å²) in [4.78, 5) is 24.7. The van der Waals surface area contributed by atoms with Gasteiger partial charge in [0.1, 0.15) is 11.9 Å². The molecule has 1 N–H and O–H groups in total. The summed E-state index contributed by atoms with van der Waals surface area (Å²) in [6.07, 6.45) is 0.152. The van der Waals surface area contributed by atoms with Gasteiger partial charge >= 0.3 is 11.9 Å². The first kappa shape index (κ1) is 14.5. The molecule has 1 fully saturated rings. The number of halogens is 1. The molecule has 20 heavy (non-hydrogen) atoms. The van der Waals surface area contributed by atoms with E-state index in [1.807, 2.05) is 0 Å². The number of carbonyl (C=O) groups is 2. The molecule has 3 atom stereocenters. The van der Waals surface area contributed by atoms with Gasteiger partial charge in [0.05, 0.1) is 13.0 Å². The molecule has 0 aliphatic carbocycles. The average molecular weight is 281 g/mol. The van der Waals surface area contributed by atoms with Crippen molar-refractivity contribution in [2.45, 2.75) is 18.5 Å². The zero-order valence-electron chi connectivity index (χ0n) is 11.2. The van der Waals surface area contributed by atoms with Crippen molar-refractivity contribution in [1.82, 2.24) is 4.90 Å². The molecule has 108 valence electrons. The Balaban J connectivity index is 2.38. The van der Waals surface area contributed by atoms with Gasteiger partial charge in [0.2, 0.25) is 0 Å². The van der Waals surface area contributed by atoms with Crippen LogP contribution in [0.5, 0.6) is 0 Å². The number of likely N-dealkylation sites (N-methyl/N-ethyl adjacent to an activating group) is 1. The van der Waals surface area contributed by atoms with Crippen LogP contribution in [0.1, 0.15) is 18.0 Å². The molecular weight excluding hydrogens is 265 g/mol. The summed E-state index contributed by atoms with van der Waals surface area (Å²) in [7, 11) is 2.92. The second-order valence-electron chi connectivity index (χ2n) is 4.88. The number of rotatable bonds is 3. The van der Waals surface area contributed by atoms with Crippen LogP contribution in [0.4, 0.5) is 4.39 Å². The summed E-state index contributed by atoms with van der Waals surface area (Å²) in [5.74, 6) is -2.68. The highest BCUT2D eigenvalue weighted by atomic mass is 19.1. The SMILES string of the molecule is COC(=O)[C@@H]1C[C@H](C(=O)O)[C@H](c2cccc(F)c2)N1C. The van der Waals surface area contributed by atoms with Crippen molar-refractivity contribution >= 4 is 11.9 Å². The molecule has 0 unspecified atom stereocenters. The van der Waals surface area contributed by atoms with E-state index in [4.69, 9.17) is 4.74 Å². The van der Waals surface area contributed by atoms with Crippen LogP contribution in [0.25, 0.3) is 0 Å². The van der Waals surface area contributed by atoms with Gasteiger partial charge in [0.25, 0.3) is 0 Å². The molecule has 1 aliphatic heterocycles. The Hall–Kier alpha value is -1.95. The van der Waals surface area contributed by atoms with Gasteiger partial charge in [-0.2, -0.15) is 0 Å². The van der Waals surface area contributed by atoms with Gasteiger partial charge < -0.3 is 9.84 Å². The number of methoxy groups -OCH3 is 1. The fourth-order valence-corrected chi connectivity index (χ4v) is 2.81. The third-order valence-electron chi connectivity index (χ3n) is 3.77. The van der Waals surface area contributed by atoms with E-state index < -0.39 is 35.8 Å². The maximum absolute atomic E-state index is 13.3. The summed E-state index contributed by atoms with van der Waals surface area (Å²) in [5, 5.41) is 9.33. The third-order valence-corrected chi connectivity index (χ3v) is 3.77. The van der Waals surface area contributed by atoms with Crippen LogP contribution < -0.4 is 0 Å². The first-order valence-electron chi connectivity index (χ1n) is 6.23. The molecule has 0 aromatic heterocycles. The van der Waals surface area contributed by atoms with E-state index in [0.717, 1.165) is 0 Å². The molecule has 0 saturated carbocycles. The fraction of sp³-hybridized carbons (Fsp3) is 0.429. The Labute approximate surface area is 116 Å². The Morgan fingerprint density at radius 2 is 2.15 bits per heavy atom. The molecule has 0 spiro atoms. The lowest BCUT2D eigenvalue weighted by molar-refractivity contribution is -0.145. The predicted molar refractivity (Wildman–Crippen MR) is 68.5 cm³/mol. The number of nitrogens with zero attached hydrogens (tertiary/aromatic N) is 1. The Morgan fingerprint density at radius 3 is 2.70 bits per heavy atom. The highest BCUT2D eigenvalue weighted by molar-refractivity contribution is 5.79. The van der Waals surface area contributed by atoms with Gasteiger partial charge in [0, 0.05) is 6.04 Å². The van der Waals surface area contributed by atoms with E-state index in [9.17, 15) is 19.1 Å². The van der Waals surface area contributed by atoms with Crippen molar-refractivity contribution in [3.8, 4) is 0 Å². The standard InChI is InChI=1S/C14H16FNO4/c1-16-11(14(19)20-2)7-10(13(17)18)12(16)8-4-3-5-9(15)6-8/h3-6,10-12H,7H2,1-2H3,(H,17,18)/t10-,11-,12-/m0/s1. The van der Waals surface area contributed by atoms with Crippen molar-refractivity contribution in [2.24, 2.45) is 5.92 Å². The fourth-order valence-electron chi connectivity index (χ4n) is 2.81. The van der Waals surface area contributed by atoms with Crippen LogP contribution in [-0.4, -0.2) is 42.1 Å². The second kappa shape index (κ2) is 5.58. The molecule has 1 saturated heterocycles. The summed E-state index contributed by atoms with van der Waals surface area (Å²) < 4.78 is 18.0. The molecular formula is C14H16FNO4. The summed E-state index contributed by atoms with van der Waals surface area (Å²) in [6.45, 7) is 0. The number of carboxylic acid groups (broad SMARTS) is 1. The lowest BCUT2D eigenvalue weighted by atomic mass is 9.93. The minimum atomic E-state index is -1.00. The normalized spacial score (nSPS) is 26.4. The summed E-state index contributed by atoms with van der Waals surface area (Å²) in [6, 6.07) is 4.62. The van der Waals surface area contributed by atoms with Crippen molar-refractivity contribution in [2.75, 3.05) is 14.2 Å². The molecule has 0 bridgehead atoms. The first-order chi connectivity index (χ1) is 9.45. The second-order valence-corrected chi connectivity index (χ2v) is 4.88. The van der Waals surface area contributed by atoms with Gasteiger partial charge in [-0.3, -0.25) is 14.5 Å². The molecule has 6 heteroatoms. The number of hydrogen-bond donors (Lipinski definition) is 1. The van der Waals surface area contributed by atoms with Crippen molar-refractivity contribution in [3.05, 3.63) is 35.6 Å². The van der Waals surface area contributed by atoms with Gasteiger partial charge in [-0.25, -0.2) is 4.39 Å². The van der Waals surface area contributed by atoms with Crippen molar-refractivity contribution in [3.63, 3.8) is 0 Å². The van der Waals surface area contributed by atoms with Gasteiger partial charge in [0.15, 0.2) is 0 Å². The monoisotopic (exact) mass is 281 g/mol. The van der Waals surface area contributed by atoms with E-state index in [1.165, 1.54) is 25.3 Å². The molecule has 1 aromatic rings. The summed E-state index contributed by atoms with van der Waals surface area (Å²) in [5.41, 5.74) is 0.548. The van der Waals surface area contributed by atoms with Crippen LogP contribution in [0, 0.1) is 11.7 Å². The molecule has 1 aromatic carbocycles. The molecule has 2 rings (SSSR count). The maximum atomic E-state index is 13.3. The lowest BCUT2D eigenvalue weighted by Gasteiger charge is -2.25. The Bertz CT molecular complexity index is 534. The first-order valence-corrected chi connectivity index (χ1v) is 6.23. The number of carbonyl (C=O) groups excluding carboxylic acids is 1. The van der Waals surface area contributed by atoms with Crippen LogP contribution >= 0.6 is 0 Å². The Morgan fingerprint density at radius 1 is 1.45 bits per heavy atom. The largest absolute Gasteiger partial charge is 0.481 e. The minimum Gasteiger partial charge on any atom is -0.481 e. The maximum Gasteiger partial charge on any atom is 0.323 e. The van der Waals surface area contributed by atoms with Crippen LogP contribution in [0.3, 0.4) is 0 Å². The lowest BCUT2D eigenvalue weighted by Crippen LogP contribution is -2.35. The number of ether oxygens (including phenoxy) is 1. The van der Waals surface area contributed by atoms with Crippen molar-refractivity contribution < 1.29 is 23.8 Å². The molecule has 1 aliphatic rings. The third kappa shape index (κ3) is 2.51. The van der Waals surface area contributed by atoms with E-state index in [2.05, 4.69) is 0 Å². The van der Waals surface area contributed by atoms with E-state index in [0.29, 0.717) is 5.56 Å². The number of benzene rings is 1. The average Bonchev–Trinajstić information content (AvgIpc) is 2.75. The highest BCUT2D eigenvalue weighted by Crippen LogP contribution is 2.40. The molecule has 5 nitrogen and oxygen atoms in total. The van der Waals surface area contributed by atoms with E-state index >= 15 is 0 Å². The van der Waals surface area contributed by atoms with E-state index in [-0.39, 0.29) is 6.42 Å². The Kier molecular flexibility index (Phi) is 4.04. The van der Waals surface area contributed by atoms with Crippen LogP contribution in [0.15, 0.2) is 24.3 Å². The molecule has 0 radical (unpaired) electrons. The van der Waals surface area contributed by atoms with Crippen molar-refractivity contribution in [1.29, 1.82) is 0 Å². The molecule has 0 amide bonds. The van der Waals surface area contributed by atoms with Crippen LogP contribution in [0.2, 0.25) is 0 Å². The quantitative estimate of drug-likeness (QED) is 0.849. The van der Waals surface area contributed by atoms with Gasteiger partial charge in [-0.05, 0) is 31.2 Å². The van der Waals surface area contributed by atoms with Crippen LogP contribution in [-0.2, 0) is 14.3 Å². The number of hydrogen-bond acceptors (Lipinski definition) is 4. The summed E-state index contributed by atoms with van der Waals surface area (Å²) >= 11 is 0. The minimum absolute atomic E-state index is 0.152. The zero-order chi connectivity index (χ0) is 14.9. The number of carboxylic acids is 1.